The Kier molecular flexibility index (Phi) is 8.21. The first-order chi connectivity index (χ1) is 23.5. The molecule has 1 unspecified atom stereocenters. The van der Waals surface area contributed by atoms with E-state index in [0.717, 1.165) is 82.0 Å². The summed E-state index contributed by atoms with van der Waals surface area (Å²) in [5.41, 5.74) is -3.84. The van der Waals surface area contributed by atoms with Crippen LogP contribution in [-0.2, 0) is 39.8 Å². The van der Waals surface area contributed by atoms with Crippen molar-refractivity contribution in [2.24, 2.45) is 34.0 Å². The number of esters is 2. The Morgan fingerprint density at radius 1 is 0.898 bits per heavy atom. The Balaban J connectivity index is 1.22. The van der Waals surface area contributed by atoms with E-state index in [-0.39, 0.29) is 43.2 Å². The van der Waals surface area contributed by atoms with Crippen LogP contribution >= 0.6 is 0 Å². The molecule has 1 aromatic heterocycles. The zero-order valence-corrected chi connectivity index (χ0v) is 29.4. The molecule has 5 heterocycles. The van der Waals surface area contributed by atoms with Crippen molar-refractivity contribution >= 4 is 17.7 Å². The van der Waals surface area contributed by atoms with Crippen LogP contribution in [0.3, 0.4) is 0 Å². The maximum atomic E-state index is 15.0. The molecule has 0 radical (unpaired) electrons. The van der Waals surface area contributed by atoms with Crippen molar-refractivity contribution in [2.75, 3.05) is 13.2 Å². The smallest absolute Gasteiger partial charge is 0.339 e. The van der Waals surface area contributed by atoms with Crippen LogP contribution in [0.5, 0.6) is 0 Å². The lowest BCUT2D eigenvalue weighted by Crippen LogP contribution is -2.79. The zero-order chi connectivity index (χ0) is 34.4. The number of unbranched alkanes of at least 4 members (excludes halogenated alkanes) is 5. The molecule has 0 amide bonds. The molecule has 7 fully saturated rings. The number of carbonyl (C=O) groups is 3. The van der Waals surface area contributed by atoms with Crippen LogP contribution in [0.1, 0.15) is 128 Å². The number of Topliss-reactive ketones (excluding diaryl/α,β-unsaturated/α-hetero) is 1. The van der Waals surface area contributed by atoms with Gasteiger partial charge >= 0.3 is 11.9 Å². The van der Waals surface area contributed by atoms with Gasteiger partial charge in [-0.2, -0.15) is 0 Å². The molecule has 49 heavy (non-hydrogen) atoms. The van der Waals surface area contributed by atoms with Gasteiger partial charge in [-0.05, 0) is 70.3 Å². The van der Waals surface area contributed by atoms with E-state index in [1.54, 1.807) is 6.26 Å². The van der Waals surface area contributed by atoms with E-state index in [1.165, 1.54) is 0 Å². The van der Waals surface area contributed by atoms with Crippen molar-refractivity contribution in [1.82, 2.24) is 0 Å². The summed E-state index contributed by atoms with van der Waals surface area (Å²) in [7, 11) is 0. The lowest BCUT2D eigenvalue weighted by atomic mass is 9.33. The van der Waals surface area contributed by atoms with Crippen molar-refractivity contribution in [3.63, 3.8) is 0 Å². The third kappa shape index (κ3) is 4.42. The molecule has 10 atom stereocenters. The van der Waals surface area contributed by atoms with Crippen LogP contribution in [0.4, 0.5) is 0 Å². The molecule has 10 nitrogen and oxygen atoms in total. The van der Waals surface area contributed by atoms with Crippen molar-refractivity contribution < 1.29 is 48.0 Å². The predicted molar refractivity (Wildman–Crippen MR) is 175 cm³/mol. The summed E-state index contributed by atoms with van der Waals surface area (Å²) in [4.78, 5) is 41.9. The largest absolute Gasteiger partial charge is 0.469 e. The number of rotatable bonds is 10. The van der Waals surface area contributed by atoms with E-state index in [2.05, 4.69) is 6.92 Å². The molecular formula is C39H54O10. The van der Waals surface area contributed by atoms with Gasteiger partial charge in [-0.1, -0.05) is 51.9 Å². The number of aliphatic hydroxyl groups excluding tert-OH is 2. The number of cyclic esters (lactones) is 2. The van der Waals surface area contributed by atoms with Gasteiger partial charge in [0, 0.05) is 34.8 Å². The number of ether oxygens (including phenoxy) is 4. The summed E-state index contributed by atoms with van der Waals surface area (Å²) in [6.07, 6.45) is 11.1. The van der Waals surface area contributed by atoms with E-state index in [1.807, 2.05) is 19.9 Å². The number of aryl methyl sites for hydroxylation is 1. The summed E-state index contributed by atoms with van der Waals surface area (Å²) < 4.78 is 31.9. The Morgan fingerprint density at radius 2 is 1.63 bits per heavy atom. The maximum Gasteiger partial charge on any atom is 0.339 e. The van der Waals surface area contributed by atoms with Gasteiger partial charge in [-0.25, -0.2) is 4.79 Å². The maximum absolute atomic E-state index is 15.0. The van der Waals surface area contributed by atoms with Gasteiger partial charge in [0.25, 0.3) is 0 Å². The Morgan fingerprint density at radius 3 is 2.39 bits per heavy atom. The van der Waals surface area contributed by atoms with E-state index in [4.69, 9.17) is 28.5 Å². The minimum atomic E-state index is -1.36. The Hall–Kier alpha value is -2.27. The van der Waals surface area contributed by atoms with Crippen LogP contribution in [0, 0.1) is 34.0 Å². The Bertz CT molecular complexity index is 1480. The summed E-state index contributed by atoms with van der Waals surface area (Å²) >= 11 is 0. The van der Waals surface area contributed by atoms with Gasteiger partial charge in [0.05, 0.1) is 30.3 Å². The fraction of sp³-hybridized carbons (Fsp3) is 0.821. The number of hydrogen-bond acceptors (Lipinski definition) is 10. The first kappa shape index (κ1) is 33.9. The highest BCUT2D eigenvalue weighted by Crippen LogP contribution is 2.82. The highest BCUT2D eigenvalue weighted by Gasteiger charge is 2.92. The van der Waals surface area contributed by atoms with Crippen molar-refractivity contribution in [3.05, 3.63) is 23.7 Å². The summed E-state index contributed by atoms with van der Waals surface area (Å²) in [6.45, 7) is 6.27. The molecule has 2 spiro atoms. The monoisotopic (exact) mass is 682 g/mol. The highest BCUT2D eigenvalue weighted by atomic mass is 16.7. The van der Waals surface area contributed by atoms with Gasteiger partial charge < -0.3 is 33.6 Å². The minimum absolute atomic E-state index is 0.0617. The molecule has 3 saturated carbocycles. The zero-order valence-electron chi connectivity index (χ0n) is 29.4. The van der Waals surface area contributed by atoms with Gasteiger partial charge in [0.2, 0.25) is 0 Å². The molecule has 7 aliphatic rings. The molecule has 2 N–H and O–H groups in total. The SMILES string of the molecule is CC1(C)O[C@H]2CC(=O)OC[C@]23C2CC[C@@]4(C)[C@H](c5ccoc5CCCCCCCCO)OC(=O)[C@H]5O[C@@]54[C@]2(C2CCCCC2)[C@H](O)C(=O)[C@H]13. The Labute approximate surface area is 288 Å². The molecule has 4 aliphatic heterocycles. The number of carbonyl (C=O) groups excluding carboxylic acids is 3. The van der Waals surface area contributed by atoms with Crippen LogP contribution in [0.25, 0.3) is 0 Å². The van der Waals surface area contributed by atoms with E-state index < -0.39 is 63.8 Å². The average Bonchev–Trinajstić information content (AvgIpc) is 3.61. The average molecular weight is 683 g/mol. The van der Waals surface area contributed by atoms with Crippen LogP contribution in [0.2, 0.25) is 0 Å². The molecule has 8 rings (SSSR count). The van der Waals surface area contributed by atoms with Crippen molar-refractivity contribution in [3.8, 4) is 0 Å². The number of hydrogen-bond donors (Lipinski definition) is 2. The quantitative estimate of drug-likeness (QED) is 0.183. The van der Waals surface area contributed by atoms with Crippen LogP contribution in [-0.4, -0.2) is 70.7 Å². The molecule has 10 heteroatoms. The third-order valence-electron chi connectivity index (χ3n) is 14.6. The van der Waals surface area contributed by atoms with Gasteiger partial charge in [-0.3, -0.25) is 9.59 Å². The number of furan rings is 1. The van der Waals surface area contributed by atoms with Crippen LogP contribution in [0.15, 0.2) is 16.7 Å². The predicted octanol–water partition coefficient (Wildman–Crippen LogP) is 5.54. The molecule has 1 aromatic rings. The lowest BCUT2D eigenvalue weighted by Gasteiger charge is -2.70. The van der Waals surface area contributed by atoms with E-state index >= 15 is 4.79 Å². The first-order valence-corrected chi connectivity index (χ1v) is 19.1. The molecule has 4 saturated heterocycles. The van der Waals surface area contributed by atoms with Crippen molar-refractivity contribution in [1.29, 1.82) is 0 Å². The van der Waals surface area contributed by atoms with Crippen LogP contribution < -0.4 is 0 Å². The van der Waals surface area contributed by atoms with Gasteiger partial charge in [-0.15, -0.1) is 0 Å². The molecule has 0 aromatic carbocycles. The molecular weight excluding hydrogens is 628 g/mol. The molecule has 3 aliphatic carbocycles. The highest BCUT2D eigenvalue weighted by molar-refractivity contribution is 5.92. The fourth-order valence-corrected chi connectivity index (χ4v) is 12.9. The number of fused-ring (bicyclic) bond motifs is 1. The lowest BCUT2D eigenvalue weighted by molar-refractivity contribution is -0.275. The number of ketones is 1. The topological polar surface area (TPSA) is 145 Å². The normalized spacial score (nSPS) is 43.8. The van der Waals surface area contributed by atoms with Gasteiger partial charge in [0.15, 0.2) is 11.9 Å². The second kappa shape index (κ2) is 11.9. The summed E-state index contributed by atoms with van der Waals surface area (Å²) in [5.74, 6) is -1.20. The van der Waals surface area contributed by atoms with Crippen molar-refractivity contribution in [2.45, 2.75) is 153 Å². The number of aliphatic hydroxyl groups is 2. The second-order valence-electron chi connectivity index (χ2n) is 17.1. The fourth-order valence-electron chi connectivity index (χ4n) is 12.9. The van der Waals surface area contributed by atoms with E-state index in [9.17, 15) is 14.7 Å². The van der Waals surface area contributed by atoms with Gasteiger partial charge in [0.1, 0.15) is 30.2 Å². The molecule has 0 bridgehead atoms. The standard InChI is InChI=1S/C39H54O10/c1-35(2)30-29(42)31(43)38(23-13-9-8-10-14-23)26(37(30)22-46-28(41)21-27(37)48-35)16-18-36(3)32(47-34(44)33-39(36,38)49-33)24-17-20-45-25(24)15-11-6-4-5-7-12-19-40/h17,20,23,26-27,30-33,40,43H,4-16,18-19,21-22H2,1-3H3/t26?,27-,30+,31+,32-,33+,36-,37-,38-,39-/m0/s1. The van der Waals surface area contributed by atoms with E-state index in [0.29, 0.717) is 19.3 Å². The molecule has 270 valence electrons. The summed E-state index contributed by atoms with van der Waals surface area (Å²) in [5, 5.41) is 21.9. The first-order valence-electron chi connectivity index (χ1n) is 19.1. The summed E-state index contributed by atoms with van der Waals surface area (Å²) in [6, 6.07) is 1.93. The third-order valence-corrected chi connectivity index (χ3v) is 14.6. The minimum Gasteiger partial charge on any atom is -0.469 e. The number of epoxide rings is 1. The second-order valence-corrected chi connectivity index (χ2v) is 17.1.